The van der Waals surface area contributed by atoms with Gasteiger partial charge in [-0.2, -0.15) is 0 Å². The van der Waals surface area contributed by atoms with Gasteiger partial charge in [-0.15, -0.1) is 12.4 Å². The first-order valence-corrected chi connectivity index (χ1v) is 5.12. The first-order chi connectivity index (χ1) is 6.70. The van der Waals surface area contributed by atoms with Gasteiger partial charge in [0.1, 0.15) is 0 Å². The van der Waals surface area contributed by atoms with Crippen molar-refractivity contribution in [2.24, 2.45) is 17.1 Å². The van der Waals surface area contributed by atoms with Gasteiger partial charge in [-0.05, 0) is 19.3 Å². The highest BCUT2D eigenvalue weighted by atomic mass is 35.5. The second-order valence-electron chi connectivity index (χ2n) is 4.26. The molecule has 1 aliphatic heterocycles. The minimum atomic E-state index is -0.103. The number of carbonyl (C=O) groups excluding carboxylic acids is 1. The van der Waals surface area contributed by atoms with Crippen LogP contribution in [0, 0.1) is 11.3 Å². The molecule has 15 heavy (non-hydrogen) atoms. The van der Waals surface area contributed by atoms with Gasteiger partial charge in [0.2, 0.25) is 0 Å². The summed E-state index contributed by atoms with van der Waals surface area (Å²) in [7, 11) is 1.44. The number of ether oxygens (including phenoxy) is 2. The molecule has 0 aromatic carbocycles. The summed E-state index contributed by atoms with van der Waals surface area (Å²) in [5.74, 6) is -0.0972. The Hall–Kier alpha value is -0.320. The molecule has 2 fully saturated rings. The first kappa shape index (κ1) is 12.7. The van der Waals surface area contributed by atoms with Gasteiger partial charge in [-0.1, -0.05) is 0 Å². The Morgan fingerprint density at radius 2 is 2.07 bits per heavy atom. The van der Waals surface area contributed by atoms with Gasteiger partial charge in [-0.3, -0.25) is 4.79 Å². The molecule has 0 aromatic rings. The van der Waals surface area contributed by atoms with Gasteiger partial charge in [0.15, 0.2) is 0 Å². The Balaban J connectivity index is 0.00000112. The van der Waals surface area contributed by atoms with E-state index in [-0.39, 0.29) is 35.8 Å². The fourth-order valence-electron chi connectivity index (χ4n) is 2.77. The Morgan fingerprint density at radius 1 is 1.47 bits per heavy atom. The van der Waals surface area contributed by atoms with Crippen LogP contribution in [0.3, 0.4) is 0 Å². The molecule has 1 heterocycles. The lowest BCUT2D eigenvalue weighted by Gasteiger charge is -2.55. The van der Waals surface area contributed by atoms with Crippen molar-refractivity contribution >= 4 is 18.4 Å². The lowest BCUT2D eigenvalue weighted by molar-refractivity contribution is -0.168. The van der Waals surface area contributed by atoms with Crippen molar-refractivity contribution in [3.05, 3.63) is 0 Å². The summed E-state index contributed by atoms with van der Waals surface area (Å²) in [4.78, 5) is 11.5. The van der Waals surface area contributed by atoms with Crippen LogP contribution in [0.2, 0.25) is 0 Å². The minimum Gasteiger partial charge on any atom is -0.469 e. The second kappa shape index (κ2) is 4.68. The van der Waals surface area contributed by atoms with E-state index in [4.69, 9.17) is 15.2 Å². The van der Waals surface area contributed by atoms with Crippen LogP contribution in [0.4, 0.5) is 0 Å². The molecule has 1 aliphatic carbocycles. The molecule has 2 atom stereocenters. The van der Waals surface area contributed by atoms with Gasteiger partial charge in [-0.25, -0.2) is 0 Å². The zero-order valence-corrected chi connectivity index (χ0v) is 9.72. The monoisotopic (exact) mass is 235 g/mol. The number of nitrogens with two attached hydrogens (primary N) is 1. The highest BCUT2D eigenvalue weighted by molar-refractivity contribution is 5.85. The maximum absolute atomic E-state index is 11.5. The SMILES string of the molecule is COC(=O)[C@@H]1C[C@H](N)C12CCOCC2.Cl. The third-order valence-corrected chi connectivity index (χ3v) is 3.83. The van der Waals surface area contributed by atoms with Crippen LogP contribution in [-0.2, 0) is 14.3 Å². The normalized spacial score (nSPS) is 32.7. The summed E-state index contributed by atoms with van der Waals surface area (Å²) in [6.45, 7) is 1.45. The number of rotatable bonds is 1. The topological polar surface area (TPSA) is 61.5 Å². The molecule has 5 heteroatoms. The molecule has 0 unspecified atom stereocenters. The van der Waals surface area contributed by atoms with Gasteiger partial charge in [0.05, 0.1) is 13.0 Å². The molecule has 2 N–H and O–H groups in total. The number of hydrogen-bond acceptors (Lipinski definition) is 4. The van der Waals surface area contributed by atoms with Crippen molar-refractivity contribution in [1.29, 1.82) is 0 Å². The van der Waals surface area contributed by atoms with Crippen LogP contribution < -0.4 is 5.73 Å². The molecule has 2 rings (SSSR count). The van der Waals surface area contributed by atoms with E-state index >= 15 is 0 Å². The number of methoxy groups -OCH3 is 1. The number of esters is 1. The van der Waals surface area contributed by atoms with Gasteiger partial charge < -0.3 is 15.2 Å². The average molecular weight is 236 g/mol. The summed E-state index contributed by atoms with van der Waals surface area (Å²) >= 11 is 0. The maximum Gasteiger partial charge on any atom is 0.309 e. The average Bonchev–Trinajstić information content (AvgIpc) is 2.26. The number of hydrogen-bond donors (Lipinski definition) is 1. The van der Waals surface area contributed by atoms with E-state index in [9.17, 15) is 4.79 Å². The zero-order valence-electron chi connectivity index (χ0n) is 8.90. The third-order valence-electron chi connectivity index (χ3n) is 3.83. The highest BCUT2D eigenvalue weighted by Gasteiger charge is 2.57. The Morgan fingerprint density at radius 3 is 2.53 bits per heavy atom. The molecule has 1 saturated heterocycles. The standard InChI is InChI=1S/C10H17NO3.ClH/c1-13-9(12)7-6-8(11)10(7)2-4-14-5-3-10;/h7-8H,2-6,11H2,1H3;1H/t7-,8-;/m0./s1. The van der Waals surface area contributed by atoms with E-state index in [2.05, 4.69) is 0 Å². The molecule has 0 radical (unpaired) electrons. The molecular formula is C10H18ClNO3. The lowest BCUT2D eigenvalue weighted by atomic mass is 9.53. The summed E-state index contributed by atoms with van der Waals surface area (Å²) in [6.07, 6.45) is 2.56. The van der Waals surface area contributed by atoms with E-state index in [0.29, 0.717) is 0 Å². The van der Waals surface area contributed by atoms with E-state index in [0.717, 1.165) is 32.5 Å². The molecule has 4 nitrogen and oxygen atoms in total. The molecule has 1 saturated carbocycles. The highest BCUT2D eigenvalue weighted by Crippen LogP contribution is 2.52. The number of halogens is 1. The quantitative estimate of drug-likeness (QED) is 0.681. The first-order valence-electron chi connectivity index (χ1n) is 5.12. The smallest absolute Gasteiger partial charge is 0.309 e. The minimum absolute atomic E-state index is 0. The summed E-state index contributed by atoms with van der Waals surface area (Å²) in [5, 5.41) is 0. The van der Waals surface area contributed by atoms with E-state index < -0.39 is 0 Å². The summed E-state index contributed by atoms with van der Waals surface area (Å²) < 4.78 is 10.1. The summed E-state index contributed by atoms with van der Waals surface area (Å²) in [5.41, 5.74) is 5.99. The van der Waals surface area contributed by atoms with Crippen molar-refractivity contribution in [2.75, 3.05) is 20.3 Å². The van der Waals surface area contributed by atoms with Crippen LogP contribution in [0.1, 0.15) is 19.3 Å². The zero-order chi connectivity index (χ0) is 10.2. The predicted molar refractivity (Wildman–Crippen MR) is 57.8 cm³/mol. The van der Waals surface area contributed by atoms with Gasteiger partial charge in [0, 0.05) is 24.7 Å². The third kappa shape index (κ3) is 1.86. The fourth-order valence-corrected chi connectivity index (χ4v) is 2.77. The lowest BCUT2D eigenvalue weighted by Crippen LogP contribution is -2.62. The maximum atomic E-state index is 11.5. The number of carbonyl (C=O) groups is 1. The molecule has 2 aliphatic rings. The second-order valence-corrected chi connectivity index (χ2v) is 4.26. The van der Waals surface area contributed by atoms with E-state index in [1.54, 1.807) is 0 Å². The van der Waals surface area contributed by atoms with Crippen LogP contribution in [0.5, 0.6) is 0 Å². The molecule has 1 spiro atoms. The Kier molecular flexibility index (Phi) is 3.98. The van der Waals surface area contributed by atoms with Crippen molar-refractivity contribution in [3.8, 4) is 0 Å². The molecular weight excluding hydrogens is 218 g/mol. The van der Waals surface area contributed by atoms with Gasteiger partial charge in [0.25, 0.3) is 0 Å². The Bertz CT molecular complexity index is 241. The van der Waals surface area contributed by atoms with Crippen LogP contribution >= 0.6 is 12.4 Å². The molecule has 0 aromatic heterocycles. The van der Waals surface area contributed by atoms with Crippen LogP contribution in [0.15, 0.2) is 0 Å². The van der Waals surface area contributed by atoms with Crippen LogP contribution in [-0.4, -0.2) is 32.3 Å². The van der Waals surface area contributed by atoms with Crippen molar-refractivity contribution < 1.29 is 14.3 Å². The Labute approximate surface area is 95.9 Å². The van der Waals surface area contributed by atoms with E-state index in [1.165, 1.54) is 7.11 Å². The van der Waals surface area contributed by atoms with E-state index in [1.807, 2.05) is 0 Å². The largest absolute Gasteiger partial charge is 0.469 e. The van der Waals surface area contributed by atoms with Crippen molar-refractivity contribution in [1.82, 2.24) is 0 Å². The predicted octanol–water partition coefficient (Wildman–Crippen LogP) is 0.725. The van der Waals surface area contributed by atoms with Crippen molar-refractivity contribution in [2.45, 2.75) is 25.3 Å². The van der Waals surface area contributed by atoms with Gasteiger partial charge >= 0.3 is 5.97 Å². The van der Waals surface area contributed by atoms with Crippen molar-refractivity contribution in [3.63, 3.8) is 0 Å². The fraction of sp³-hybridized carbons (Fsp3) is 0.900. The summed E-state index contributed by atoms with van der Waals surface area (Å²) in [6, 6.07) is 0.149. The molecule has 0 bridgehead atoms. The van der Waals surface area contributed by atoms with Crippen LogP contribution in [0.25, 0.3) is 0 Å². The molecule has 88 valence electrons. The molecule has 0 amide bonds.